The Morgan fingerprint density at radius 3 is 0.926 bits per heavy atom. The van der Waals surface area contributed by atoms with E-state index < -0.39 is 6.10 Å². The molecule has 0 rings (SSSR count). The minimum Gasteiger partial charge on any atom is -0.462 e. The van der Waals surface area contributed by atoms with Crippen LogP contribution in [0.25, 0.3) is 0 Å². The fraction of sp³-hybridized carbons (Fsp3) is 0.726. The highest BCUT2D eigenvalue weighted by atomic mass is 16.6. The summed E-state index contributed by atoms with van der Waals surface area (Å²) in [5, 5.41) is 0. The van der Waals surface area contributed by atoms with Gasteiger partial charge in [-0.2, -0.15) is 0 Å². The van der Waals surface area contributed by atoms with E-state index in [4.69, 9.17) is 14.2 Å². The Labute approximate surface area is 420 Å². The number of rotatable bonds is 51. The van der Waals surface area contributed by atoms with Gasteiger partial charge in [-0.3, -0.25) is 14.4 Å². The summed E-state index contributed by atoms with van der Waals surface area (Å²) in [4.78, 5) is 38.0. The Hall–Kier alpha value is -3.41. The van der Waals surface area contributed by atoms with Crippen LogP contribution in [0.3, 0.4) is 0 Å². The SMILES string of the molecule is CC/C=C\C/C=C\C/C=C\C/C=C\CCCCCCCCCCCCCCCCC(=O)OCC(COC(=O)CCCCCCC/C=C\CCC)OC(=O)CCCCCCC/C=C\C/C=C\CCC. The van der Waals surface area contributed by atoms with Gasteiger partial charge in [0.05, 0.1) is 0 Å². The first-order valence-corrected chi connectivity index (χ1v) is 28.6. The molecule has 0 aliphatic carbocycles. The molecule has 0 amide bonds. The molecule has 1 unspecified atom stereocenters. The van der Waals surface area contributed by atoms with Crippen LogP contribution < -0.4 is 0 Å². The molecule has 0 aromatic carbocycles. The largest absolute Gasteiger partial charge is 0.462 e. The maximum absolute atomic E-state index is 12.8. The summed E-state index contributed by atoms with van der Waals surface area (Å²) in [6, 6.07) is 0. The van der Waals surface area contributed by atoms with E-state index in [0.29, 0.717) is 19.3 Å². The second-order valence-corrected chi connectivity index (χ2v) is 18.8. The molecule has 0 saturated heterocycles. The molecule has 68 heavy (non-hydrogen) atoms. The molecule has 0 aliphatic rings. The number of allylic oxidation sites excluding steroid dienone is 14. The van der Waals surface area contributed by atoms with Crippen LogP contribution in [0.2, 0.25) is 0 Å². The van der Waals surface area contributed by atoms with Crippen LogP contribution >= 0.6 is 0 Å². The Morgan fingerprint density at radius 1 is 0.309 bits per heavy atom. The number of unbranched alkanes of at least 4 members (excludes halogenated alkanes) is 26. The molecule has 0 aromatic rings. The fourth-order valence-electron chi connectivity index (χ4n) is 7.83. The maximum Gasteiger partial charge on any atom is 0.306 e. The smallest absolute Gasteiger partial charge is 0.306 e. The van der Waals surface area contributed by atoms with Crippen molar-refractivity contribution in [3.8, 4) is 0 Å². The highest BCUT2D eigenvalue weighted by molar-refractivity contribution is 5.71. The summed E-state index contributed by atoms with van der Waals surface area (Å²) in [7, 11) is 0. The number of ether oxygens (including phenoxy) is 3. The average Bonchev–Trinajstić information content (AvgIpc) is 3.34. The van der Waals surface area contributed by atoms with Gasteiger partial charge in [0.1, 0.15) is 13.2 Å². The quantitative estimate of drug-likeness (QED) is 0.0262. The first kappa shape index (κ1) is 64.6. The maximum atomic E-state index is 12.8. The van der Waals surface area contributed by atoms with Crippen LogP contribution in [-0.2, 0) is 28.6 Å². The predicted octanol–water partition coefficient (Wildman–Crippen LogP) is 19.2. The Bertz CT molecular complexity index is 1320. The molecule has 0 aliphatic heterocycles. The zero-order valence-electron chi connectivity index (χ0n) is 44.6. The molecule has 0 saturated carbocycles. The molecule has 0 fully saturated rings. The second-order valence-electron chi connectivity index (χ2n) is 18.8. The van der Waals surface area contributed by atoms with Gasteiger partial charge >= 0.3 is 17.9 Å². The van der Waals surface area contributed by atoms with Crippen molar-refractivity contribution >= 4 is 17.9 Å². The van der Waals surface area contributed by atoms with Crippen LogP contribution in [0.1, 0.15) is 271 Å². The third-order valence-electron chi connectivity index (χ3n) is 12.1. The third kappa shape index (κ3) is 53.5. The van der Waals surface area contributed by atoms with Crippen molar-refractivity contribution in [2.75, 3.05) is 13.2 Å². The number of carbonyl (C=O) groups is 3. The number of esters is 3. The van der Waals surface area contributed by atoms with Gasteiger partial charge in [-0.25, -0.2) is 0 Å². The summed E-state index contributed by atoms with van der Waals surface area (Å²) in [5.74, 6) is -0.907. The van der Waals surface area contributed by atoms with Crippen molar-refractivity contribution in [3.63, 3.8) is 0 Å². The normalized spacial score (nSPS) is 12.7. The molecule has 0 spiro atoms. The lowest BCUT2D eigenvalue weighted by atomic mass is 10.0. The Balaban J connectivity index is 4.18. The van der Waals surface area contributed by atoms with Gasteiger partial charge < -0.3 is 14.2 Å². The van der Waals surface area contributed by atoms with Gasteiger partial charge in [0, 0.05) is 19.3 Å². The topological polar surface area (TPSA) is 78.9 Å². The van der Waals surface area contributed by atoms with Gasteiger partial charge in [-0.1, -0.05) is 234 Å². The van der Waals surface area contributed by atoms with E-state index in [-0.39, 0.29) is 31.1 Å². The zero-order chi connectivity index (χ0) is 49.3. The monoisotopic (exact) mass is 947 g/mol. The molecule has 6 heteroatoms. The minimum atomic E-state index is -0.785. The lowest BCUT2D eigenvalue weighted by molar-refractivity contribution is -0.167. The highest BCUT2D eigenvalue weighted by Gasteiger charge is 2.19. The van der Waals surface area contributed by atoms with Crippen LogP contribution in [-0.4, -0.2) is 37.2 Å². The second kappa shape index (κ2) is 56.2. The van der Waals surface area contributed by atoms with Crippen molar-refractivity contribution in [2.45, 2.75) is 277 Å². The van der Waals surface area contributed by atoms with E-state index in [9.17, 15) is 14.4 Å². The molecule has 0 N–H and O–H groups in total. The average molecular weight is 948 g/mol. The van der Waals surface area contributed by atoms with Crippen molar-refractivity contribution in [3.05, 3.63) is 85.1 Å². The van der Waals surface area contributed by atoms with Crippen molar-refractivity contribution < 1.29 is 28.6 Å². The molecular formula is C62H106O6. The molecule has 6 nitrogen and oxygen atoms in total. The van der Waals surface area contributed by atoms with Crippen molar-refractivity contribution in [1.29, 1.82) is 0 Å². The predicted molar refractivity (Wildman–Crippen MR) is 293 cm³/mol. The summed E-state index contributed by atoms with van der Waals surface area (Å²) in [6.07, 6.45) is 73.1. The first-order valence-electron chi connectivity index (χ1n) is 28.6. The molecule has 390 valence electrons. The van der Waals surface area contributed by atoms with Crippen LogP contribution in [0.5, 0.6) is 0 Å². The molecular weight excluding hydrogens is 841 g/mol. The summed E-state index contributed by atoms with van der Waals surface area (Å²) >= 11 is 0. The number of hydrogen-bond acceptors (Lipinski definition) is 6. The molecule has 1 atom stereocenters. The van der Waals surface area contributed by atoms with E-state index in [1.54, 1.807) is 0 Å². The van der Waals surface area contributed by atoms with Gasteiger partial charge in [0.25, 0.3) is 0 Å². The van der Waals surface area contributed by atoms with E-state index in [1.807, 2.05) is 0 Å². The molecule has 0 aromatic heterocycles. The fourth-order valence-corrected chi connectivity index (χ4v) is 7.83. The number of carbonyl (C=O) groups excluding carboxylic acids is 3. The summed E-state index contributed by atoms with van der Waals surface area (Å²) in [6.45, 7) is 6.39. The van der Waals surface area contributed by atoms with Gasteiger partial charge in [-0.05, 0) is 103 Å². The van der Waals surface area contributed by atoms with Crippen LogP contribution in [0, 0.1) is 0 Å². The van der Waals surface area contributed by atoms with E-state index in [0.717, 1.165) is 128 Å². The van der Waals surface area contributed by atoms with Crippen LogP contribution in [0.4, 0.5) is 0 Å². The number of hydrogen-bond donors (Lipinski definition) is 0. The Morgan fingerprint density at radius 2 is 0.574 bits per heavy atom. The summed E-state index contributed by atoms with van der Waals surface area (Å²) < 4.78 is 16.8. The van der Waals surface area contributed by atoms with E-state index in [2.05, 4.69) is 106 Å². The van der Waals surface area contributed by atoms with Crippen molar-refractivity contribution in [1.82, 2.24) is 0 Å². The molecule has 0 radical (unpaired) electrons. The summed E-state index contributed by atoms with van der Waals surface area (Å²) in [5.41, 5.74) is 0. The van der Waals surface area contributed by atoms with Gasteiger partial charge in [-0.15, -0.1) is 0 Å². The van der Waals surface area contributed by atoms with Gasteiger partial charge in [0.15, 0.2) is 6.10 Å². The Kier molecular flexibility index (Phi) is 53.4. The van der Waals surface area contributed by atoms with E-state index in [1.165, 1.54) is 103 Å². The lowest BCUT2D eigenvalue weighted by Crippen LogP contribution is -2.30. The van der Waals surface area contributed by atoms with Gasteiger partial charge in [0.2, 0.25) is 0 Å². The molecule has 0 heterocycles. The van der Waals surface area contributed by atoms with E-state index >= 15 is 0 Å². The zero-order valence-corrected chi connectivity index (χ0v) is 44.6. The van der Waals surface area contributed by atoms with Crippen molar-refractivity contribution in [2.24, 2.45) is 0 Å². The molecule has 0 bridgehead atoms. The lowest BCUT2D eigenvalue weighted by Gasteiger charge is -2.18. The minimum absolute atomic E-state index is 0.0842. The highest BCUT2D eigenvalue weighted by Crippen LogP contribution is 2.16. The third-order valence-corrected chi connectivity index (χ3v) is 12.1. The van der Waals surface area contributed by atoms with Crippen LogP contribution in [0.15, 0.2) is 85.1 Å². The standard InChI is InChI=1S/C62H106O6/c1-4-7-10-13-16-19-22-24-25-26-27-28-29-30-31-32-33-34-35-36-37-39-40-43-46-49-52-55-61(64)67-58-59(57-66-60(63)54-51-48-45-42-21-18-15-12-9-6-3)68-62(65)56-53-50-47-44-41-38-23-20-17-14-11-8-5-2/h7,10-12,14-16,19-20,23-25,27-28,59H,4-6,8-9,13,17-18,21-22,26,29-58H2,1-3H3/b10-7-,14-11-,15-12-,19-16-,23-20-,25-24-,28-27-. The first-order chi connectivity index (χ1) is 33.5.